The minimum Gasteiger partial charge on any atom is -0.422 e. The molecule has 0 radical (unpaired) electrons. The fourth-order valence-electron chi connectivity index (χ4n) is 0.819. The molecular weight excluding hydrogens is 290 g/mol. The molecule has 0 unspecified atom stereocenters. The Kier molecular flexibility index (Phi) is 16.7. The third kappa shape index (κ3) is 20.0. The summed E-state index contributed by atoms with van der Waals surface area (Å²) >= 11 is 0. The Labute approximate surface area is 130 Å². The molecule has 22 heavy (non-hydrogen) atoms. The van der Waals surface area contributed by atoms with Crippen LogP contribution in [0.15, 0.2) is 30.3 Å². The lowest BCUT2D eigenvalue weighted by atomic mass is 10.2. The van der Waals surface area contributed by atoms with Crippen LogP contribution in [0.25, 0.3) is 0 Å². The van der Waals surface area contributed by atoms with E-state index in [1.54, 1.807) is 0 Å². The highest BCUT2D eigenvalue weighted by Gasteiger charge is 1.94. The standard InChI is InChI=1S/C7H8.C5H11NO4.C2H6N2O/c1-7-5-3-2-4-6-7;1-6-5(7)10-4-9-3-8-2;1-4-2(3)5/h2-6H,1H3;3-4H2,1-2H3,(H,6,7);1H3,(H3,3,4,5). The molecule has 0 aliphatic carbocycles. The van der Waals surface area contributed by atoms with E-state index in [9.17, 15) is 9.59 Å². The smallest absolute Gasteiger partial charge is 0.408 e. The Balaban J connectivity index is 0. The first-order valence-electron chi connectivity index (χ1n) is 6.37. The molecule has 0 spiro atoms. The highest BCUT2D eigenvalue weighted by atomic mass is 16.7. The molecule has 1 aromatic carbocycles. The van der Waals surface area contributed by atoms with E-state index in [2.05, 4.69) is 49.6 Å². The summed E-state index contributed by atoms with van der Waals surface area (Å²) in [6, 6.07) is 9.77. The highest BCUT2D eigenvalue weighted by molar-refractivity contribution is 5.71. The van der Waals surface area contributed by atoms with Crippen molar-refractivity contribution in [2.24, 2.45) is 5.73 Å². The third-order valence-corrected chi connectivity index (χ3v) is 1.87. The van der Waals surface area contributed by atoms with Crippen molar-refractivity contribution >= 4 is 12.1 Å². The third-order valence-electron chi connectivity index (χ3n) is 1.87. The van der Waals surface area contributed by atoms with Gasteiger partial charge in [-0.2, -0.15) is 0 Å². The molecule has 0 saturated heterocycles. The van der Waals surface area contributed by atoms with Crippen LogP contribution in [0.4, 0.5) is 9.59 Å². The van der Waals surface area contributed by atoms with Gasteiger partial charge in [0.1, 0.15) is 6.79 Å². The fraction of sp³-hybridized carbons (Fsp3) is 0.429. The second-order valence-corrected chi connectivity index (χ2v) is 3.68. The number of carbonyl (C=O) groups is 2. The van der Waals surface area contributed by atoms with Gasteiger partial charge in [-0.05, 0) is 6.92 Å². The lowest BCUT2D eigenvalue weighted by Gasteiger charge is -2.02. The van der Waals surface area contributed by atoms with Gasteiger partial charge in [-0.1, -0.05) is 35.9 Å². The van der Waals surface area contributed by atoms with Crippen molar-refractivity contribution in [2.45, 2.75) is 6.92 Å². The summed E-state index contributed by atoms with van der Waals surface area (Å²) in [6.07, 6.45) is -0.517. The van der Waals surface area contributed by atoms with Gasteiger partial charge in [0.05, 0.1) is 0 Å². The number of amides is 3. The van der Waals surface area contributed by atoms with E-state index in [0.717, 1.165) is 0 Å². The first-order chi connectivity index (χ1) is 10.5. The number of nitrogens with two attached hydrogens (primary N) is 1. The van der Waals surface area contributed by atoms with E-state index < -0.39 is 12.1 Å². The minimum absolute atomic E-state index is 0.0898. The number of hydrogen-bond donors (Lipinski definition) is 3. The van der Waals surface area contributed by atoms with E-state index in [0.29, 0.717) is 0 Å². The second kappa shape index (κ2) is 16.7. The van der Waals surface area contributed by atoms with Gasteiger partial charge in [0, 0.05) is 21.2 Å². The van der Waals surface area contributed by atoms with Crippen LogP contribution in [0.2, 0.25) is 0 Å². The molecular formula is C14H25N3O5. The van der Waals surface area contributed by atoms with Crippen LogP contribution in [-0.2, 0) is 14.2 Å². The van der Waals surface area contributed by atoms with Crippen LogP contribution in [0.5, 0.6) is 0 Å². The Hall–Kier alpha value is -2.32. The largest absolute Gasteiger partial charge is 0.422 e. The van der Waals surface area contributed by atoms with Crippen molar-refractivity contribution < 1.29 is 23.8 Å². The zero-order valence-electron chi connectivity index (χ0n) is 13.4. The predicted octanol–water partition coefficient (Wildman–Crippen LogP) is 1.20. The quantitative estimate of drug-likeness (QED) is 0.571. The van der Waals surface area contributed by atoms with Gasteiger partial charge >= 0.3 is 12.1 Å². The maximum absolute atomic E-state index is 10.3. The molecule has 0 aliphatic rings. The Morgan fingerprint density at radius 1 is 1.09 bits per heavy atom. The lowest BCUT2D eigenvalue weighted by Crippen LogP contribution is -2.24. The van der Waals surface area contributed by atoms with E-state index in [1.807, 2.05) is 18.2 Å². The van der Waals surface area contributed by atoms with Crippen LogP contribution in [0.1, 0.15) is 5.56 Å². The molecule has 4 N–H and O–H groups in total. The summed E-state index contributed by atoms with van der Waals surface area (Å²) < 4.78 is 13.6. The lowest BCUT2D eigenvalue weighted by molar-refractivity contribution is -0.0959. The minimum atomic E-state index is -0.517. The number of nitrogens with one attached hydrogen (secondary N) is 2. The predicted molar refractivity (Wildman–Crippen MR) is 83.2 cm³/mol. The molecule has 1 rings (SSSR count). The van der Waals surface area contributed by atoms with E-state index >= 15 is 0 Å². The van der Waals surface area contributed by atoms with Crippen LogP contribution in [-0.4, -0.2) is 46.9 Å². The molecule has 0 heterocycles. The summed E-state index contributed by atoms with van der Waals surface area (Å²) in [4.78, 5) is 19.8. The Morgan fingerprint density at radius 2 is 1.64 bits per heavy atom. The SMILES string of the molecule is CNC(=O)OCOCOC.CNC(N)=O.Cc1ccccc1. The molecule has 0 fully saturated rings. The maximum atomic E-state index is 10.3. The summed E-state index contributed by atoms with van der Waals surface area (Å²) in [7, 11) is 4.43. The monoisotopic (exact) mass is 315 g/mol. The first-order valence-corrected chi connectivity index (χ1v) is 6.37. The molecule has 0 aliphatic heterocycles. The van der Waals surface area contributed by atoms with Crippen LogP contribution in [0.3, 0.4) is 0 Å². The number of hydrogen-bond acceptors (Lipinski definition) is 5. The number of benzene rings is 1. The molecule has 8 nitrogen and oxygen atoms in total. The molecule has 0 saturated carbocycles. The number of urea groups is 1. The van der Waals surface area contributed by atoms with E-state index in [-0.39, 0.29) is 13.6 Å². The maximum Gasteiger partial charge on any atom is 0.408 e. The van der Waals surface area contributed by atoms with Gasteiger partial charge in [-0.25, -0.2) is 9.59 Å². The zero-order chi connectivity index (χ0) is 17.2. The normalized spacial score (nSPS) is 8.36. The average Bonchev–Trinajstić information content (AvgIpc) is 2.53. The number of alkyl carbamates (subject to hydrolysis) is 1. The van der Waals surface area contributed by atoms with E-state index in [4.69, 9.17) is 0 Å². The van der Waals surface area contributed by atoms with Gasteiger partial charge in [0.2, 0.25) is 0 Å². The zero-order valence-corrected chi connectivity index (χ0v) is 13.4. The Bertz CT molecular complexity index is 387. The fourth-order valence-corrected chi connectivity index (χ4v) is 0.819. The number of ether oxygens (including phenoxy) is 3. The summed E-state index contributed by atoms with van der Waals surface area (Å²) in [5, 5.41) is 4.43. The van der Waals surface area contributed by atoms with Gasteiger partial charge in [0.15, 0.2) is 6.79 Å². The number of methoxy groups -OCH3 is 1. The molecule has 8 heteroatoms. The second-order valence-electron chi connectivity index (χ2n) is 3.68. The Morgan fingerprint density at radius 3 is 1.95 bits per heavy atom. The van der Waals surface area contributed by atoms with Crippen molar-refractivity contribution in [3.63, 3.8) is 0 Å². The molecule has 0 bridgehead atoms. The summed E-state index contributed by atoms with van der Waals surface area (Å²) in [5.74, 6) is 0. The molecule has 126 valence electrons. The number of aryl methyl sites for hydroxylation is 1. The van der Waals surface area contributed by atoms with Crippen LogP contribution in [0, 0.1) is 6.92 Å². The average molecular weight is 315 g/mol. The van der Waals surface area contributed by atoms with Gasteiger partial charge in [-0.15, -0.1) is 0 Å². The van der Waals surface area contributed by atoms with Crippen molar-refractivity contribution in [1.82, 2.24) is 10.6 Å². The van der Waals surface area contributed by atoms with Crippen molar-refractivity contribution in [2.75, 3.05) is 34.8 Å². The van der Waals surface area contributed by atoms with Crippen molar-refractivity contribution in [3.8, 4) is 0 Å². The van der Waals surface area contributed by atoms with Crippen molar-refractivity contribution in [3.05, 3.63) is 35.9 Å². The highest BCUT2D eigenvalue weighted by Crippen LogP contribution is 1.92. The molecule has 0 atom stereocenters. The number of primary amides is 1. The summed E-state index contributed by atoms with van der Waals surface area (Å²) in [6.45, 7) is 2.12. The van der Waals surface area contributed by atoms with Gasteiger partial charge in [-0.3, -0.25) is 0 Å². The molecule has 3 amide bonds. The molecule has 1 aromatic rings. The number of rotatable bonds is 4. The van der Waals surface area contributed by atoms with Crippen molar-refractivity contribution in [1.29, 1.82) is 0 Å². The van der Waals surface area contributed by atoms with E-state index in [1.165, 1.54) is 26.8 Å². The van der Waals surface area contributed by atoms with Gasteiger partial charge in [0.25, 0.3) is 0 Å². The first kappa shape index (κ1) is 22.0. The summed E-state index contributed by atoms with van der Waals surface area (Å²) in [5.41, 5.74) is 5.86. The number of carbonyl (C=O) groups excluding carboxylic acids is 2. The van der Waals surface area contributed by atoms with Crippen LogP contribution < -0.4 is 16.4 Å². The molecule has 0 aromatic heterocycles. The topological polar surface area (TPSA) is 112 Å². The van der Waals surface area contributed by atoms with Crippen LogP contribution >= 0.6 is 0 Å². The van der Waals surface area contributed by atoms with Gasteiger partial charge < -0.3 is 30.6 Å².